The summed E-state index contributed by atoms with van der Waals surface area (Å²) in [7, 11) is 0. The van der Waals surface area contributed by atoms with E-state index < -0.39 is 30.2 Å². The van der Waals surface area contributed by atoms with Crippen LogP contribution < -0.4 is 5.32 Å². The first-order valence-corrected chi connectivity index (χ1v) is 6.33. The van der Waals surface area contributed by atoms with E-state index in [4.69, 9.17) is 4.52 Å². The molecule has 6 nitrogen and oxygen atoms in total. The second-order valence-corrected chi connectivity index (χ2v) is 4.53. The van der Waals surface area contributed by atoms with E-state index in [9.17, 15) is 22.8 Å². The number of carbonyl (C=O) groups is 2. The number of halogens is 3. The minimum absolute atomic E-state index is 0.141. The summed E-state index contributed by atoms with van der Waals surface area (Å²) in [6.45, 7) is 0.956. The molecule has 0 saturated heterocycles. The number of aromatic nitrogens is 1. The summed E-state index contributed by atoms with van der Waals surface area (Å²) in [6.07, 6.45) is -4.57. The van der Waals surface area contributed by atoms with E-state index in [1.54, 1.807) is 6.92 Å². The van der Waals surface area contributed by atoms with Crippen LogP contribution in [0, 0.1) is 6.92 Å². The molecule has 1 N–H and O–H groups in total. The predicted octanol–water partition coefficient (Wildman–Crippen LogP) is 2.80. The molecule has 1 amide bonds. The quantitative estimate of drug-likeness (QED) is 0.873. The highest BCUT2D eigenvalue weighted by molar-refractivity contribution is 5.95. The Labute approximate surface area is 128 Å². The Morgan fingerprint density at radius 2 is 2.04 bits per heavy atom. The van der Waals surface area contributed by atoms with Crippen molar-refractivity contribution >= 4 is 17.7 Å². The van der Waals surface area contributed by atoms with Gasteiger partial charge in [0, 0.05) is 6.07 Å². The van der Waals surface area contributed by atoms with Crippen molar-refractivity contribution in [3.05, 3.63) is 47.2 Å². The standard InChI is InChI=1S/C14H11F3N2O4/c1-8-5-11(19-23-8)18-12(20)7-22-13(21)9-3-2-4-10(6-9)14(15,16)17/h2-6H,7H2,1H3,(H,18,19,20). The molecule has 1 aromatic carbocycles. The number of anilines is 1. The van der Waals surface area contributed by atoms with Gasteiger partial charge in [-0.3, -0.25) is 4.79 Å². The Kier molecular flexibility index (Phi) is 4.68. The number of alkyl halides is 3. The number of hydrogen-bond acceptors (Lipinski definition) is 5. The number of hydrogen-bond donors (Lipinski definition) is 1. The van der Waals surface area contributed by atoms with Crippen LogP contribution >= 0.6 is 0 Å². The van der Waals surface area contributed by atoms with Gasteiger partial charge < -0.3 is 14.6 Å². The first-order chi connectivity index (χ1) is 10.8. The number of benzene rings is 1. The second-order valence-electron chi connectivity index (χ2n) is 4.53. The second kappa shape index (κ2) is 6.51. The van der Waals surface area contributed by atoms with Crippen molar-refractivity contribution in [1.29, 1.82) is 0 Å². The van der Waals surface area contributed by atoms with Gasteiger partial charge in [0.05, 0.1) is 11.1 Å². The Morgan fingerprint density at radius 1 is 1.30 bits per heavy atom. The minimum Gasteiger partial charge on any atom is -0.452 e. The van der Waals surface area contributed by atoms with Crippen LogP contribution in [-0.4, -0.2) is 23.6 Å². The molecule has 1 heterocycles. The normalized spacial score (nSPS) is 11.1. The molecule has 0 radical (unpaired) electrons. The third-order valence-electron chi connectivity index (χ3n) is 2.66. The van der Waals surface area contributed by atoms with Gasteiger partial charge in [-0.15, -0.1) is 0 Å². The van der Waals surface area contributed by atoms with Crippen molar-refractivity contribution in [3.63, 3.8) is 0 Å². The van der Waals surface area contributed by atoms with Gasteiger partial charge in [-0.05, 0) is 25.1 Å². The first kappa shape index (κ1) is 16.5. The molecular formula is C14H11F3N2O4. The maximum absolute atomic E-state index is 12.6. The predicted molar refractivity (Wildman–Crippen MR) is 71.6 cm³/mol. The van der Waals surface area contributed by atoms with Gasteiger partial charge in [0.15, 0.2) is 12.4 Å². The number of ether oxygens (including phenoxy) is 1. The zero-order valence-corrected chi connectivity index (χ0v) is 11.8. The Balaban J connectivity index is 1.93. The van der Waals surface area contributed by atoms with E-state index >= 15 is 0 Å². The summed E-state index contributed by atoms with van der Waals surface area (Å²) in [5.74, 6) is -1.12. The van der Waals surface area contributed by atoms with Crippen molar-refractivity contribution in [3.8, 4) is 0 Å². The Bertz CT molecular complexity index is 725. The van der Waals surface area contributed by atoms with Gasteiger partial charge in [0.2, 0.25) is 0 Å². The fourth-order valence-corrected chi connectivity index (χ4v) is 1.64. The van der Waals surface area contributed by atoms with E-state index in [0.717, 1.165) is 18.2 Å². The van der Waals surface area contributed by atoms with Crippen LogP contribution in [0.2, 0.25) is 0 Å². The highest BCUT2D eigenvalue weighted by Crippen LogP contribution is 2.29. The molecule has 0 aliphatic heterocycles. The summed E-state index contributed by atoms with van der Waals surface area (Å²) in [5, 5.41) is 5.81. The highest BCUT2D eigenvalue weighted by atomic mass is 19.4. The molecule has 0 aliphatic carbocycles. The van der Waals surface area contributed by atoms with Crippen molar-refractivity contribution in [1.82, 2.24) is 5.16 Å². The van der Waals surface area contributed by atoms with Gasteiger partial charge >= 0.3 is 12.1 Å². The van der Waals surface area contributed by atoms with Crippen LogP contribution in [-0.2, 0) is 15.7 Å². The molecule has 0 unspecified atom stereocenters. The van der Waals surface area contributed by atoms with Crippen LogP contribution in [0.25, 0.3) is 0 Å². The highest BCUT2D eigenvalue weighted by Gasteiger charge is 2.31. The fraction of sp³-hybridized carbons (Fsp3) is 0.214. The molecule has 2 rings (SSSR count). The lowest BCUT2D eigenvalue weighted by Gasteiger charge is -2.08. The zero-order chi connectivity index (χ0) is 17.0. The molecule has 1 aromatic heterocycles. The molecule has 9 heteroatoms. The third kappa shape index (κ3) is 4.56. The molecular weight excluding hydrogens is 317 g/mol. The van der Waals surface area contributed by atoms with E-state index in [1.807, 2.05) is 0 Å². The Morgan fingerprint density at radius 3 is 2.65 bits per heavy atom. The minimum atomic E-state index is -4.57. The maximum atomic E-state index is 12.6. The van der Waals surface area contributed by atoms with Crippen molar-refractivity contribution < 1.29 is 32.0 Å². The summed E-state index contributed by atoms with van der Waals surface area (Å²) in [5.41, 5.74) is -1.28. The molecule has 0 aliphatic rings. The lowest BCUT2D eigenvalue weighted by molar-refractivity contribution is -0.137. The maximum Gasteiger partial charge on any atom is 0.416 e. The third-order valence-corrected chi connectivity index (χ3v) is 2.66. The zero-order valence-electron chi connectivity index (χ0n) is 11.8. The van der Waals surface area contributed by atoms with Crippen molar-refractivity contribution in [2.75, 3.05) is 11.9 Å². The molecule has 0 spiro atoms. The lowest BCUT2D eigenvalue weighted by Crippen LogP contribution is -2.21. The number of nitrogens with zero attached hydrogens (tertiary/aromatic N) is 1. The van der Waals surface area contributed by atoms with Crippen molar-refractivity contribution in [2.45, 2.75) is 13.1 Å². The molecule has 122 valence electrons. The fourth-order valence-electron chi connectivity index (χ4n) is 1.64. The molecule has 23 heavy (non-hydrogen) atoms. The number of amides is 1. The monoisotopic (exact) mass is 328 g/mol. The van der Waals surface area contributed by atoms with Gasteiger partial charge in [0.25, 0.3) is 5.91 Å². The SMILES string of the molecule is Cc1cc(NC(=O)COC(=O)c2cccc(C(F)(F)F)c2)no1. The van der Waals surface area contributed by atoms with Gasteiger partial charge in [-0.25, -0.2) is 4.79 Å². The number of carbonyl (C=O) groups excluding carboxylic acids is 2. The van der Waals surface area contributed by atoms with Crippen LogP contribution in [0.15, 0.2) is 34.9 Å². The van der Waals surface area contributed by atoms with Gasteiger partial charge in [0.1, 0.15) is 5.76 Å². The van der Waals surface area contributed by atoms with E-state index in [1.165, 1.54) is 6.07 Å². The number of esters is 1. The van der Waals surface area contributed by atoms with E-state index in [-0.39, 0.29) is 11.4 Å². The van der Waals surface area contributed by atoms with Crippen LogP contribution in [0.4, 0.5) is 19.0 Å². The summed E-state index contributed by atoms with van der Waals surface area (Å²) in [6, 6.07) is 5.18. The Hall–Kier alpha value is -2.84. The van der Waals surface area contributed by atoms with Gasteiger partial charge in [-0.2, -0.15) is 13.2 Å². The lowest BCUT2D eigenvalue weighted by atomic mass is 10.1. The molecule has 0 fully saturated rings. The van der Waals surface area contributed by atoms with E-state index in [0.29, 0.717) is 11.8 Å². The van der Waals surface area contributed by atoms with Crippen LogP contribution in [0.3, 0.4) is 0 Å². The summed E-state index contributed by atoms with van der Waals surface area (Å²) in [4.78, 5) is 23.2. The van der Waals surface area contributed by atoms with Crippen LogP contribution in [0.5, 0.6) is 0 Å². The largest absolute Gasteiger partial charge is 0.452 e. The molecule has 0 atom stereocenters. The number of nitrogens with one attached hydrogen (secondary N) is 1. The van der Waals surface area contributed by atoms with E-state index in [2.05, 4.69) is 15.2 Å². The number of rotatable bonds is 4. The van der Waals surface area contributed by atoms with Crippen LogP contribution in [0.1, 0.15) is 21.7 Å². The number of aryl methyl sites for hydroxylation is 1. The topological polar surface area (TPSA) is 81.4 Å². The summed E-state index contributed by atoms with van der Waals surface area (Å²) >= 11 is 0. The first-order valence-electron chi connectivity index (χ1n) is 6.33. The smallest absolute Gasteiger partial charge is 0.416 e. The van der Waals surface area contributed by atoms with Gasteiger partial charge in [-0.1, -0.05) is 11.2 Å². The molecule has 0 bridgehead atoms. The average Bonchev–Trinajstić information content (AvgIpc) is 2.89. The molecule has 0 saturated carbocycles. The summed E-state index contributed by atoms with van der Waals surface area (Å²) < 4.78 is 47.1. The average molecular weight is 328 g/mol. The molecule has 2 aromatic rings. The van der Waals surface area contributed by atoms with Crippen molar-refractivity contribution in [2.24, 2.45) is 0 Å².